The minimum atomic E-state index is 0. The standard InChI is InChI=1S/C17H23N3S.ClH/c1-13-4-6-15(7-5-13)17-19-16(12-21-17)11-20-8-2-3-14(9-18)10-20;/h4-7,12,14H,2-3,8-11,18H2,1H3;1H. The number of aryl methyl sites for hydroxylation is 1. The lowest BCUT2D eigenvalue weighted by Crippen LogP contribution is -2.37. The molecule has 0 aliphatic carbocycles. The maximum Gasteiger partial charge on any atom is 0.123 e. The third-order valence-electron chi connectivity index (χ3n) is 4.17. The van der Waals surface area contributed by atoms with Crippen LogP contribution >= 0.6 is 23.7 Å². The lowest BCUT2D eigenvalue weighted by Gasteiger charge is -2.31. The van der Waals surface area contributed by atoms with Crippen molar-refractivity contribution in [2.45, 2.75) is 26.3 Å². The van der Waals surface area contributed by atoms with Gasteiger partial charge >= 0.3 is 0 Å². The van der Waals surface area contributed by atoms with E-state index in [1.165, 1.54) is 36.2 Å². The summed E-state index contributed by atoms with van der Waals surface area (Å²) in [7, 11) is 0. The van der Waals surface area contributed by atoms with Crippen molar-refractivity contribution in [2.24, 2.45) is 11.7 Å². The van der Waals surface area contributed by atoms with Gasteiger partial charge in [-0.2, -0.15) is 0 Å². The molecule has 22 heavy (non-hydrogen) atoms. The van der Waals surface area contributed by atoms with Crippen LogP contribution in [0.25, 0.3) is 10.6 Å². The molecule has 0 spiro atoms. The Kier molecular flexibility index (Phi) is 6.38. The molecule has 2 heterocycles. The minimum absolute atomic E-state index is 0. The molecule has 2 N–H and O–H groups in total. The van der Waals surface area contributed by atoms with Gasteiger partial charge < -0.3 is 5.73 Å². The topological polar surface area (TPSA) is 42.2 Å². The van der Waals surface area contributed by atoms with E-state index in [0.717, 1.165) is 24.6 Å². The van der Waals surface area contributed by atoms with Crippen LogP contribution in [0.15, 0.2) is 29.6 Å². The molecule has 1 fully saturated rings. The first-order valence-electron chi connectivity index (χ1n) is 7.68. The van der Waals surface area contributed by atoms with Gasteiger partial charge in [-0.05, 0) is 38.8 Å². The molecule has 5 heteroatoms. The van der Waals surface area contributed by atoms with Crippen molar-refractivity contribution in [3.05, 3.63) is 40.9 Å². The predicted molar refractivity (Wildman–Crippen MR) is 96.6 cm³/mol. The summed E-state index contributed by atoms with van der Waals surface area (Å²) in [6.45, 7) is 6.17. The molecule has 1 unspecified atom stereocenters. The van der Waals surface area contributed by atoms with Gasteiger partial charge in [-0.15, -0.1) is 23.7 Å². The summed E-state index contributed by atoms with van der Waals surface area (Å²) in [6, 6.07) is 8.60. The highest BCUT2D eigenvalue weighted by Crippen LogP contribution is 2.25. The molecule has 0 saturated carbocycles. The van der Waals surface area contributed by atoms with Crippen molar-refractivity contribution in [2.75, 3.05) is 19.6 Å². The first-order chi connectivity index (χ1) is 10.2. The van der Waals surface area contributed by atoms with Crippen molar-refractivity contribution in [3.8, 4) is 10.6 Å². The maximum absolute atomic E-state index is 5.81. The molecule has 0 radical (unpaired) electrons. The molecule has 0 bridgehead atoms. The Bertz CT molecular complexity index is 582. The summed E-state index contributed by atoms with van der Waals surface area (Å²) in [4.78, 5) is 7.30. The molecule has 3 nitrogen and oxygen atoms in total. The van der Waals surface area contributed by atoms with E-state index in [-0.39, 0.29) is 12.4 Å². The number of likely N-dealkylation sites (tertiary alicyclic amines) is 1. The first kappa shape index (κ1) is 17.4. The van der Waals surface area contributed by atoms with Crippen molar-refractivity contribution >= 4 is 23.7 Å². The van der Waals surface area contributed by atoms with Crippen LogP contribution in [0.3, 0.4) is 0 Å². The number of hydrogen-bond acceptors (Lipinski definition) is 4. The van der Waals surface area contributed by atoms with Crippen LogP contribution in [0.2, 0.25) is 0 Å². The van der Waals surface area contributed by atoms with Crippen LogP contribution in [0, 0.1) is 12.8 Å². The molecular weight excluding hydrogens is 314 g/mol. The lowest BCUT2D eigenvalue weighted by molar-refractivity contribution is 0.169. The Morgan fingerprint density at radius 1 is 1.32 bits per heavy atom. The zero-order valence-corrected chi connectivity index (χ0v) is 14.6. The summed E-state index contributed by atoms with van der Waals surface area (Å²) in [5, 5.41) is 3.32. The van der Waals surface area contributed by atoms with Gasteiger partial charge in [0.15, 0.2) is 0 Å². The highest BCUT2D eigenvalue weighted by molar-refractivity contribution is 7.13. The average molecular weight is 338 g/mol. The predicted octanol–water partition coefficient (Wildman–Crippen LogP) is 3.71. The largest absolute Gasteiger partial charge is 0.330 e. The summed E-state index contributed by atoms with van der Waals surface area (Å²) >= 11 is 1.74. The number of benzene rings is 1. The van der Waals surface area contributed by atoms with Crippen LogP contribution in [-0.2, 0) is 6.54 Å². The quantitative estimate of drug-likeness (QED) is 0.924. The zero-order valence-electron chi connectivity index (χ0n) is 13.0. The lowest BCUT2D eigenvalue weighted by atomic mass is 9.98. The molecule has 1 saturated heterocycles. The molecule has 1 aliphatic heterocycles. The van der Waals surface area contributed by atoms with E-state index in [9.17, 15) is 0 Å². The van der Waals surface area contributed by atoms with Crippen molar-refractivity contribution in [1.29, 1.82) is 0 Å². The van der Waals surface area contributed by atoms with Crippen LogP contribution in [-0.4, -0.2) is 29.5 Å². The molecule has 1 atom stereocenters. The Morgan fingerprint density at radius 2 is 2.09 bits per heavy atom. The summed E-state index contributed by atoms with van der Waals surface area (Å²) in [6.07, 6.45) is 2.54. The van der Waals surface area contributed by atoms with E-state index in [0.29, 0.717) is 5.92 Å². The third-order valence-corrected chi connectivity index (χ3v) is 5.11. The number of nitrogens with two attached hydrogens (primary N) is 1. The number of nitrogens with zero attached hydrogens (tertiary/aromatic N) is 2. The normalized spacial score (nSPS) is 18.9. The van der Waals surface area contributed by atoms with E-state index in [1.807, 2.05) is 0 Å². The van der Waals surface area contributed by atoms with E-state index >= 15 is 0 Å². The van der Waals surface area contributed by atoms with Crippen molar-refractivity contribution < 1.29 is 0 Å². The number of thiazole rings is 1. The van der Waals surface area contributed by atoms with Gasteiger partial charge in [0.1, 0.15) is 5.01 Å². The van der Waals surface area contributed by atoms with Gasteiger partial charge in [0.2, 0.25) is 0 Å². The maximum atomic E-state index is 5.81. The van der Waals surface area contributed by atoms with Gasteiger partial charge in [0, 0.05) is 24.0 Å². The number of aromatic nitrogens is 1. The molecule has 3 rings (SSSR count). The molecule has 1 aromatic carbocycles. The molecule has 0 amide bonds. The number of halogens is 1. The molecule has 1 aromatic heterocycles. The van der Waals surface area contributed by atoms with Crippen LogP contribution in [0.4, 0.5) is 0 Å². The van der Waals surface area contributed by atoms with E-state index in [1.54, 1.807) is 11.3 Å². The Balaban J connectivity index is 0.00000176. The fourth-order valence-corrected chi connectivity index (χ4v) is 3.74. The van der Waals surface area contributed by atoms with Gasteiger partial charge in [0.25, 0.3) is 0 Å². The number of rotatable bonds is 4. The van der Waals surface area contributed by atoms with Crippen LogP contribution in [0.5, 0.6) is 0 Å². The summed E-state index contributed by atoms with van der Waals surface area (Å²) in [5.41, 5.74) is 9.51. The molecular formula is C17H24ClN3S. The third kappa shape index (κ3) is 4.29. The Hall–Kier alpha value is -0.940. The molecule has 1 aliphatic rings. The second-order valence-corrected chi connectivity index (χ2v) is 6.85. The first-order valence-corrected chi connectivity index (χ1v) is 8.56. The fraction of sp³-hybridized carbons (Fsp3) is 0.471. The SMILES string of the molecule is Cc1ccc(-c2nc(CN3CCCC(CN)C3)cs2)cc1.Cl. The average Bonchev–Trinajstić information content (AvgIpc) is 2.96. The summed E-state index contributed by atoms with van der Waals surface area (Å²) < 4.78 is 0. The Labute approximate surface area is 143 Å². The van der Waals surface area contributed by atoms with E-state index < -0.39 is 0 Å². The Morgan fingerprint density at radius 3 is 2.82 bits per heavy atom. The summed E-state index contributed by atoms with van der Waals surface area (Å²) in [5.74, 6) is 0.661. The molecule has 120 valence electrons. The second kappa shape index (κ2) is 8.06. The van der Waals surface area contributed by atoms with Gasteiger partial charge in [0.05, 0.1) is 5.69 Å². The highest BCUT2D eigenvalue weighted by Gasteiger charge is 2.19. The number of hydrogen-bond donors (Lipinski definition) is 1. The number of piperidine rings is 1. The zero-order chi connectivity index (χ0) is 14.7. The smallest absolute Gasteiger partial charge is 0.123 e. The van der Waals surface area contributed by atoms with E-state index in [2.05, 4.69) is 41.5 Å². The van der Waals surface area contributed by atoms with Gasteiger partial charge in [-0.3, -0.25) is 4.90 Å². The molecule has 2 aromatic rings. The van der Waals surface area contributed by atoms with Gasteiger partial charge in [-0.1, -0.05) is 29.8 Å². The highest BCUT2D eigenvalue weighted by atomic mass is 35.5. The fourth-order valence-electron chi connectivity index (χ4n) is 2.92. The minimum Gasteiger partial charge on any atom is -0.330 e. The van der Waals surface area contributed by atoms with Gasteiger partial charge in [-0.25, -0.2) is 4.98 Å². The van der Waals surface area contributed by atoms with Crippen LogP contribution in [0.1, 0.15) is 24.1 Å². The van der Waals surface area contributed by atoms with E-state index in [4.69, 9.17) is 10.7 Å². The van der Waals surface area contributed by atoms with Crippen LogP contribution < -0.4 is 5.73 Å². The second-order valence-electron chi connectivity index (χ2n) is 5.99. The monoisotopic (exact) mass is 337 g/mol. The van der Waals surface area contributed by atoms with Crippen molar-refractivity contribution in [3.63, 3.8) is 0 Å². The van der Waals surface area contributed by atoms with Crippen molar-refractivity contribution in [1.82, 2.24) is 9.88 Å².